The minimum Gasteiger partial charge on any atom is -0.369 e. The zero-order valence-electron chi connectivity index (χ0n) is 8.54. The fourth-order valence-electron chi connectivity index (χ4n) is 1.74. The maximum Gasteiger partial charge on any atom is 0.180 e. The summed E-state index contributed by atoms with van der Waals surface area (Å²) in [6.45, 7) is 9.20. The molecule has 3 heteroatoms. The van der Waals surface area contributed by atoms with E-state index in [0.29, 0.717) is 6.61 Å². The Morgan fingerprint density at radius 2 is 2.31 bits per heavy atom. The van der Waals surface area contributed by atoms with Crippen LogP contribution in [0.15, 0.2) is 11.8 Å². The smallest absolute Gasteiger partial charge is 0.180 e. The van der Waals surface area contributed by atoms with Gasteiger partial charge in [0.2, 0.25) is 0 Å². The third-order valence-electron chi connectivity index (χ3n) is 2.44. The molecule has 1 fully saturated rings. The van der Waals surface area contributed by atoms with Crippen molar-refractivity contribution in [2.75, 3.05) is 19.7 Å². The van der Waals surface area contributed by atoms with E-state index in [9.17, 15) is 0 Å². The van der Waals surface area contributed by atoms with Crippen molar-refractivity contribution < 1.29 is 9.47 Å². The van der Waals surface area contributed by atoms with Gasteiger partial charge in [0, 0.05) is 25.4 Å². The average molecular weight is 183 g/mol. The molecule has 1 unspecified atom stereocenters. The van der Waals surface area contributed by atoms with E-state index in [-0.39, 0.29) is 11.9 Å². The van der Waals surface area contributed by atoms with Crippen molar-refractivity contribution in [2.45, 2.75) is 32.7 Å². The van der Waals surface area contributed by atoms with Crippen molar-refractivity contribution in [3.63, 3.8) is 0 Å². The fraction of sp³-hybridized carbons (Fsp3) is 0.800. The summed E-state index contributed by atoms with van der Waals surface area (Å²) in [6, 6.07) is 0. The molecule has 0 aromatic rings. The van der Waals surface area contributed by atoms with Crippen molar-refractivity contribution in [1.29, 1.82) is 0 Å². The highest BCUT2D eigenvalue weighted by atomic mass is 16.7. The van der Waals surface area contributed by atoms with Crippen LogP contribution < -0.4 is 0 Å². The molecule has 1 saturated heterocycles. The highest BCUT2D eigenvalue weighted by molar-refractivity contribution is 5.22. The number of hydrogen-bond donors (Lipinski definition) is 0. The van der Waals surface area contributed by atoms with E-state index in [4.69, 9.17) is 9.47 Å². The molecule has 0 aromatic heterocycles. The average Bonchev–Trinajstić information content (AvgIpc) is 2.78. The molecule has 74 valence electrons. The van der Waals surface area contributed by atoms with Crippen molar-refractivity contribution >= 4 is 0 Å². The van der Waals surface area contributed by atoms with Gasteiger partial charge in [0.1, 0.15) is 5.60 Å². The molecule has 2 aliphatic heterocycles. The summed E-state index contributed by atoms with van der Waals surface area (Å²) in [5.74, 6) is 0. The van der Waals surface area contributed by atoms with Gasteiger partial charge in [-0.25, -0.2) is 0 Å². The highest BCUT2D eigenvalue weighted by Gasteiger charge is 2.40. The Morgan fingerprint density at radius 3 is 2.85 bits per heavy atom. The van der Waals surface area contributed by atoms with Gasteiger partial charge in [-0.1, -0.05) is 0 Å². The van der Waals surface area contributed by atoms with E-state index in [1.807, 2.05) is 6.92 Å². The van der Waals surface area contributed by atoms with Crippen molar-refractivity contribution in [3.8, 4) is 0 Å². The summed E-state index contributed by atoms with van der Waals surface area (Å²) in [7, 11) is 0. The zero-order chi connectivity index (χ0) is 9.47. The van der Waals surface area contributed by atoms with Gasteiger partial charge in [0.15, 0.2) is 6.29 Å². The molecule has 0 spiro atoms. The van der Waals surface area contributed by atoms with E-state index in [0.717, 1.165) is 13.1 Å². The van der Waals surface area contributed by atoms with E-state index < -0.39 is 0 Å². The van der Waals surface area contributed by atoms with Gasteiger partial charge < -0.3 is 14.4 Å². The first kappa shape index (κ1) is 9.03. The van der Waals surface area contributed by atoms with Crippen LogP contribution in [0.3, 0.4) is 0 Å². The number of hydrogen-bond acceptors (Lipinski definition) is 3. The minimum atomic E-state index is -0.170. The van der Waals surface area contributed by atoms with Crippen LogP contribution >= 0.6 is 0 Å². The Balaban J connectivity index is 2.07. The van der Waals surface area contributed by atoms with Crippen LogP contribution in [0.4, 0.5) is 0 Å². The molecule has 0 amide bonds. The van der Waals surface area contributed by atoms with Crippen LogP contribution in [0.5, 0.6) is 0 Å². The number of nitrogens with zero attached hydrogens (tertiary/aromatic N) is 1. The van der Waals surface area contributed by atoms with E-state index >= 15 is 0 Å². The first-order valence-electron chi connectivity index (χ1n) is 4.90. The quantitative estimate of drug-likeness (QED) is 0.616. The molecule has 0 aromatic carbocycles. The predicted molar refractivity (Wildman–Crippen MR) is 50.2 cm³/mol. The van der Waals surface area contributed by atoms with E-state index in [1.54, 1.807) is 0 Å². The van der Waals surface area contributed by atoms with Crippen LogP contribution in [0.2, 0.25) is 0 Å². The second-order valence-electron chi connectivity index (χ2n) is 3.99. The van der Waals surface area contributed by atoms with Gasteiger partial charge in [-0.05, 0) is 26.8 Å². The molecule has 13 heavy (non-hydrogen) atoms. The predicted octanol–water partition coefficient (Wildman–Crippen LogP) is 1.36. The summed E-state index contributed by atoms with van der Waals surface area (Å²) in [4.78, 5) is 2.32. The van der Waals surface area contributed by atoms with E-state index in [1.165, 1.54) is 5.70 Å². The van der Waals surface area contributed by atoms with Gasteiger partial charge in [-0.2, -0.15) is 0 Å². The largest absolute Gasteiger partial charge is 0.369 e. The second-order valence-corrected chi connectivity index (χ2v) is 3.99. The lowest BCUT2D eigenvalue weighted by Crippen LogP contribution is -2.28. The normalized spacial score (nSPS) is 30.5. The fourth-order valence-corrected chi connectivity index (χ4v) is 1.74. The first-order chi connectivity index (χ1) is 6.13. The van der Waals surface area contributed by atoms with Crippen LogP contribution in [0.25, 0.3) is 0 Å². The molecule has 0 bridgehead atoms. The second kappa shape index (κ2) is 3.00. The summed E-state index contributed by atoms with van der Waals surface area (Å²) in [6.07, 6.45) is 1.95. The molecule has 1 atom stereocenters. The minimum absolute atomic E-state index is 0.143. The molecule has 3 nitrogen and oxygen atoms in total. The summed E-state index contributed by atoms with van der Waals surface area (Å²) >= 11 is 0. The van der Waals surface area contributed by atoms with Crippen molar-refractivity contribution in [1.82, 2.24) is 4.90 Å². The number of rotatable bonds is 3. The summed E-state index contributed by atoms with van der Waals surface area (Å²) in [5, 5.41) is 0. The maximum absolute atomic E-state index is 5.75. The Morgan fingerprint density at radius 1 is 1.62 bits per heavy atom. The summed E-state index contributed by atoms with van der Waals surface area (Å²) < 4.78 is 11.2. The van der Waals surface area contributed by atoms with Gasteiger partial charge in [0.05, 0.1) is 0 Å². The molecule has 0 radical (unpaired) electrons. The molecule has 0 N–H and O–H groups in total. The standard InChI is InChI=1S/C10H17NO2/c1-4-12-9-7-8(11-5-6-11)10(2,3)13-9/h7,9H,4-6H2,1-3H3. The monoisotopic (exact) mass is 183 g/mol. The zero-order valence-corrected chi connectivity index (χ0v) is 8.54. The van der Waals surface area contributed by atoms with Gasteiger partial charge in [0.25, 0.3) is 0 Å². The van der Waals surface area contributed by atoms with E-state index in [2.05, 4.69) is 24.8 Å². The lowest BCUT2D eigenvalue weighted by atomic mass is 10.1. The molecular formula is C10H17NO2. The van der Waals surface area contributed by atoms with Crippen LogP contribution in [-0.2, 0) is 9.47 Å². The van der Waals surface area contributed by atoms with Gasteiger partial charge >= 0.3 is 0 Å². The molecule has 2 heterocycles. The van der Waals surface area contributed by atoms with Crippen LogP contribution in [0.1, 0.15) is 20.8 Å². The summed E-state index contributed by atoms with van der Waals surface area (Å²) in [5.41, 5.74) is 1.11. The Kier molecular flexibility index (Phi) is 2.08. The lowest BCUT2D eigenvalue weighted by Gasteiger charge is -2.24. The Labute approximate surface area is 79.3 Å². The Bertz CT molecular complexity index is 231. The maximum atomic E-state index is 5.75. The highest BCUT2D eigenvalue weighted by Crippen LogP contribution is 2.35. The third-order valence-corrected chi connectivity index (χ3v) is 2.44. The van der Waals surface area contributed by atoms with Gasteiger partial charge in [-0.3, -0.25) is 0 Å². The SMILES string of the molecule is CCOC1C=C(N2CC2)C(C)(C)O1. The number of ether oxygens (including phenoxy) is 2. The molecular weight excluding hydrogens is 166 g/mol. The first-order valence-corrected chi connectivity index (χ1v) is 4.90. The molecule has 0 saturated carbocycles. The van der Waals surface area contributed by atoms with Crippen molar-refractivity contribution in [2.24, 2.45) is 0 Å². The lowest BCUT2D eigenvalue weighted by molar-refractivity contribution is -0.145. The topological polar surface area (TPSA) is 21.5 Å². The van der Waals surface area contributed by atoms with Crippen LogP contribution in [0, 0.1) is 0 Å². The third kappa shape index (κ3) is 1.71. The Hall–Kier alpha value is -0.540. The molecule has 0 aliphatic carbocycles. The van der Waals surface area contributed by atoms with Crippen molar-refractivity contribution in [3.05, 3.63) is 11.8 Å². The van der Waals surface area contributed by atoms with Crippen LogP contribution in [-0.4, -0.2) is 36.5 Å². The van der Waals surface area contributed by atoms with Gasteiger partial charge in [-0.15, -0.1) is 0 Å². The molecule has 2 aliphatic rings. The molecule has 2 rings (SSSR count).